The summed E-state index contributed by atoms with van der Waals surface area (Å²) in [7, 11) is 0. The van der Waals surface area contributed by atoms with E-state index >= 15 is 0 Å². The van der Waals surface area contributed by atoms with E-state index in [9.17, 15) is 0 Å². The maximum Gasteiger partial charge on any atom is 0.0361 e. The lowest BCUT2D eigenvalue weighted by Gasteiger charge is -2.17. The highest BCUT2D eigenvalue weighted by molar-refractivity contribution is 7.26. The molecule has 0 radical (unpaired) electrons. The first-order chi connectivity index (χ1) is 24.8. The van der Waals surface area contributed by atoms with E-state index in [2.05, 4.69) is 170 Å². The second-order valence-electron chi connectivity index (χ2n) is 13.2. The summed E-state index contributed by atoms with van der Waals surface area (Å²) < 4.78 is 5.34. The van der Waals surface area contributed by atoms with Gasteiger partial charge in [0.15, 0.2) is 0 Å². The Morgan fingerprint density at radius 2 is 0.780 bits per heavy atom. The van der Waals surface area contributed by atoms with E-state index in [1.165, 1.54) is 106 Å². The summed E-state index contributed by atoms with van der Waals surface area (Å²) in [5.41, 5.74) is 7.67. The third-order valence-electron chi connectivity index (χ3n) is 10.5. The van der Waals surface area contributed by atoms with Gasteiger partial charge in [0.25, 0.3) is 0 Å². The van der Waals surface area contributed by atoms with Crippen molar-refractivity contribution < 1.29 is 0 Å². The fourth-order valence-electron chi connectivity index (χ4n) is 8.29. The number of benzene rings is 9. The highest BCUT2D eigenvalue weighted by atomic mass is 32.1. The molecule has 0 aliphatic rings. The molecule has 0 amide bonds. The van der Waals surface area contributed by atoms with Crippen LogP contribution >= 0.6 is 22.7 Å². The maximum absolute atomic E-state index is 2.42. The summed E-state index contributed by atoms with van der Waals surface area (Å²) in [5, 5.41) is 13.2. The van der Waals surface area contributed by atoms with Crippen LogP contribution in [0.5, 0.6) is 0 Å². The minimum Gasteiger partial charge on any atom is -0.135 e. The van der Waals surface area contributed by atoms with Gasteiger partial charge in [-0.3, -0.25) is 0 Å². The SMILES string of the molecule is c1ccc(-c2c3ccccc3c(-c3ccc4c(c3)sc3cc(-c5cccc6c5ccc5sc7ccccc7c56)ccc34)c3ccccc23)cc1. The van der Waals surface area contributed by atoms with E-state index in [1.54, 1.807) is 0 Å². The molecular formula is C48H28S2. The number of rotatable bonds is 3. The van der Waals surface area contributed by atoms with Gasteiger partial charge in [-0.15, -0.1) is 22.7 Å². The molecule has 0 spiro atoms. The molecule has 0 unspecified atom stereocenters. The molecule has 2 heterocycles. The summed E-state index contributed by atoms with van der Waals surface area (Å²) >= 11 is 3.79. The minimum atomic E-state index is 1.25. The van der Waals surface area contributed by atoms with Gasteiger partial charge >= 0.3 is 0 Å². The van der Waals surface area contributed by atoms with Crippen molar-refractivity contribution in [1.29, 1.82) is 0 Å². The van der Waals surface area contributed by atoms with Crippen LogP contribution in [-0.4, -0.2) is 0 Å². The van der Waals surface area contributed by atoms with Crippen molar-refractivity contribution >= 4 is 95.3 Å². The smallest absolute Gasteiger partial charge is 0.0361 e. The third kappa shape index (κ3) is 4.10. The van der Waals surface area contributed by atoms with E-state index in [4.69, 9.17) is 0 Å². The van der Waals surface area contributed by atoms with Gasteiger partial charge in [0.05, 0.1) is 0 Å². The molecule has 2 heteroatoms. The average Bonchev–Trinajstić information content (AvgIpc) is 3.74. The molecule has 2 aromatic heterocycles. The van der Waals surface area contributed by atoms with Gasteiger partial charge in [0.2, 0.25) is 0 Å². The molecule has 0 nitrogen and oxygen atoms in total. The first-order valence-electron chi connectivity index (χ1n) is 17.1. The van der Waals surface area contributed by atoms with Gasteiger partial charge in [0.1, 0.15) is 0 Å². The Morgan fingerprint density at radius 1 is 0.260 bits per heavy atom. The fourth-order valence-corrected chi connectivity index (χ4v) is 10.6. The molecule has 232 valence electrons. The lowest BCUT2D eigenvalue weighted by atomic mass is 9.86. The predicted octanol–water partition coefficient (Wildman–Crippen LogP) is 14.9. The van der Waals surface area contributed by atoms with Crippen molar-refractivity contribution in [3.05, 3.63) is 170 Å². The highest BCUT2D eigenvalue weighted by Crippen LogP contribution is 2.46. The lowest BCUT2D eigenvalue weighted by Crippen LogP contribution is -1.90. The van der Waals surface area contributed by atoms with Gasteiger partial charge in [-0.2, -0.15) is 0 Å². The van der Waals surface area contributed by atoms with Gasteiger partial charge < -0.3 is 0 Å². The first-order valence-corrected chi connectivity index (χ1v) is 18.7. The monoisotopic (exact) mass is 668 g/mol. The summed E-state index contributed by atoms with van der Waals surface area (Å²) in [6.45, 7) is 0. The zero-order valence-electron chi connectivity index (χ0n) is 27.0. The van der Waals surface area contributed by atoms with Crippen LogP contribution in [0.1, 0.15) is 0 Å². The number of hydrogen-bond acceptors (Lipinski definition) is 2. The Balaban J connectivity index is 1.09. The molecule has 0 atom stereocenters. The summed E-state index contributed by atoms with van der Waals surface area (Å²) in [5.74, 6) is 0. The van der Waals surface area contributed by atoms with Crippen molar-refractivity contribution in [2.75, 3.05) is 0 Å². The lowest BCUT2D eigenvalue weighted by molar-refractivity contribution is 1.66. The largest absolute Gasteiger partial charge is 0.135 e. The minimum absolute atomic E-state index is 1.25. The molecule has 0 fully saturated rings. The Labute approximate surface area is 297 Å². The zero-order valence-corrected chi connectivity index (χ0v) is 28.6. The molecule has 0 N–H and O–H groups in total. The second-order valence-corrected chi connectivity index (χ2v) is 15.3. The molecule has 9 aromatic carbocycles. The molecule has 0 saturated heterocycles. The molecule has 0 aliphatic heterocycles. The third-order valence-corrected chi connectivity index (χ3v) is 12.7. The molecule has 11 aromatic rings. The van der Waals surface area contributed by atoms with Gasteiger partial charge in [-0.25, -0.2) is 0 Å². The predicted molar refractivity (Wildman–Crippen MR) is 221 cm³/mol. The van der Waals surface area contributed by atoms with Gasteiger partial charge in [0, 0.05) is 40.3 Å². The van der Waals surface area contributed by atoms with E-state index in [0.717, 1.165) is 0 Å². The first kappa shape index (κ1) is 28.1. The zero-order chi connectivity index (χ0) is 32.8. The van der Waals surface area contributed by atoms with Crippen molar-refractivity contribution in [1.82, 2.24) is 0 Å². The summed E-state index contributed by atoms with van der Waals surface area (Å²) in [6.07, 6.45) is 0. The molecule has 50 heavy (non-hydrogen) atoms. The fraction of sp³-hybridized carbons (Fsp3) is 0. The summed E-state index contributed by atoms with van der Waals surface area (Å²) in [6, 6.07) is 63.0. The Kier molecular flexibility index (Phi) is 6.09. The molecule has 11 rings (SSSR count). The topological polar surface area (TPSA) is 0 Å². The van der Waals surface area contributed by atoms with Crippen molar-refractivity contribution in [2.45, 2.75) is 0 Å². The van der Waals surface area contributed by atoms with Crippen LogP contribution in [0.2, 0.25) is 0 Å². The van der Waals surface area contributed by atoms with E-state index in [-0.39, 0.29) is 0 Å². The van der Waals surface area contributed by atoms with Crippen molar-refractivity contribution in [3.63, 3.8) is 0 Å². The van der Waals surface area contributed by atoms with Crippen LogP contribution < -0.4 is 0 Å². The van der Waals surface area contributed by atoms with E-state index in [0.29, 0.717) is 0 Å². The van der Waals surface area contributed by atoms with E-state index in [1.807, 2.05) is 22.7 Å². The van der Waals surface area contributed by atoms with Crippen LogP contribution in [0.3, 0.4) is 0 Å². The van der Waals surface area contributed by atoms with Crippen LogP contribution in [-0.2, 0) is 0 Å². The Bertz CT molecular complexity index is 3080. The molecular weight excluding hydrogens is 641 g/mol. The maximum atomic E-state index is 2.42. The average molecular weight is 669 g/mol. The number of fused-ring (bicyclic) bond motifs is 10. The van der Waals surface area contributed by atoms with Crippen molar-refractivity contribution in [3.8, 4) is 33.4 Å². The van der Waals surface area contributed by atoms with Crippen LogP contribution in [0, 0.1) is 0 Å². The highest BCUT2D eigenvalue weighted by Gasteiger charge is 2.18. The Hall–Kier alpha value is -5.80. The number of hydrogen-bond donors (Lipinski definition) is 0. The van der Waals surface area contributed by atoms with Crippen molar-refractivity contribution in [2.24, 2.45) is 0 Å². The normalized spacial score (nSPS) is 12.0. The van der Waals surface area contributed by atoms with Crippen LogP contribution in [0.4, 0.5) is 0 Å². The summed E-state index contributed by atoms with van der Waals surface area (Å²) in [4.78, 5) is 0. The second kappa shape index (κ2) is 10.9. The quantitative estimate of drug-likeness (QED) is 0.164. The molecule has 0 saturated carbocycles. The Morgan fingerprint density at radius 3 is 1.48 bits per heavy atom. The molecule has 0 aliphatic carbocycles. The standard InChI is InChI=1S/C48H28S2/c1-2-11-29(12-3-1)46-37-13-4-6-15-39(37)47(40-16-7-5-14-38(40)46)31-22-24-35-34-23-21-30(27-44(34)50-45(35)28-31)32-18-10-19-36-33(32)25-26-43-48(36)41-17-8-9-20-42(41)49-43/h1-28H. The van der Waals surface area contributed by atoms with Crippen LogP contribution in [0.15, 0.2) is 170 Å². The number of thiophene rings is 2. The van der Waals surface area contributed by atoms with Gasteiger partial charge in [-0.05, 0) is 90.0 Å². The molecule has 0 bridgehead atoms. The van der Waals surface area contributed by atoms with Crippen LogP contribution in [0.25, 0.3) is 106 Å². The van der Waals surface area contributed by atoms with E-state index < -0.39 is 0 Å². The van der Waals surface area contributed by atoms with Gasteiger partial charge in [-0.1, -0.05) is 146 Å².